The number of amidine groups is 1. The van der Waals surface area contributed by atoms with Gasteiger partial charge in [0, 0.05) is 11.3 Å². The molecular formula is C19H21FN2. The molecule has 3 heteroatoms. The molecule has 0 bridgehead atoms. The number of nitrogens with zero attached hydrogens (tertiary/aromatic N) is 1. The first-order chi connectivity index (χ1) is 10.3. The van der Waals surface area contributed by atoms with Crippen LogP contribution >= 0.6 is 0 Å². The Morgan fingerprint density at radius 2 is 1.82 bits per heavy atom. The Labute approximate surface area is 131 Å². The van der Waals surface area contributed by atoms with E-state index >= 15 is 0 Å². The van der Waals surface area contributed by atoms with Crippen molar-refractivity contribution in [1.29, 1.82) is 0 Å². The second-order valence-corrected chi connectivity index (χ2v) is 6.68. The second kappa shape index (κ2) is 5.24. The Bertz CT molecular complexity index is 760. The van der Waals surface area contributed by atoms with Gasteiger partial charge in [0.1, 0.15) is 11.7 Å². The van der Waals surface area contributed by atoms with E-state index < -0.39 is 0 Å². The molecule has 0 aliphatic carbocycles. The normalized spacial score (nSPS) is 16.0. The van der Waals surface area contributed by atoms with E-state index in [0.29, 0.717) is 0 Å². The van der Waals surface area contributed by atoms with Crippen molar-refractivity contribution >= 4 is 11.5 Å². The Balaban J connectivity index is 2.06. The van der Waals surface area contributed by atoms with Crippen molar-refractivity contribution < 1.29 is 4.39 Å². The molecule has 2 aromatic rings. The van der Waals surface area contributed by atoms with Gasteiger partial charge in [0.2, 0.25) is 0 Å². The Hall–Kier alpha value is -2.16. The SMILES string of the molecule is Cc1cc2c(cc1C)C(Nc1cccc(F)c1)=NC(C)(C)C2. The number of rotatable bonds is 1. The standard InChI is InChI=1S/C19H21FN2/c1-12-8-14-11-19(3,4)22-18(17(14)9-13(12)2)21-16-7-5-6-15(20)10-16/h5-10H,11H2,1-4H3,(H,21,22). The van der Waals surface area contributed by atoms with E-state index in [2.05, 4.69) is 45.1 Å². The van der Waals surface area contributed by atoms with Crippen LogP contribution in [0.25, 0.3) is 0 Å². The third-order valence-electron chi connectivity index (χ3n) is 4.10. The van der Waals surface area contributed by atoms with Crippen LogP contribution in [-0.2, 0) is 6.42 Å². The number of benzene rings is 2. The lowest BCUT2D eigenvalue weighted by Crippen LogP contribution is -2.32. The van der Waals surface area contributed by atoms with Crippen molar-refractivity contribution in [3.8, 4) is 0 Å². The highest BCUT2D eigenvalue weighted by molar-refractivity contribution is 6.10. The van der Waals surface area contributed by atoms with Crippen molar-refractivity contribution in [3.05, 3.63) is 64.5 Å². The Morgan fingerprint density at radius 1 is 1.09 bits per heavy atom. The molecule has 0 spiro atoms. The van der Waals surface area contributed by atoms with E-state index in [0.717, 1.165) is 23.5 Å². The summed E-state index contributed by atoms with van der Waals surface area (Å²) in [6.45, 7) is 8.49. The summed E-state index contributed by atoms with van der Waals surface area (Å²) in [5, 5.41) is 3.29. The van der Waals surface area contributed by atoms with Gasteiger partial charge in [-0.1, -0.05) is 12.1 Å². The maximum absolute atomic E-state index is 13.4. The zero-order valence-electron chi connectivity index (χ0n) is 13.5. The maximum atomic E-state index is 13.4. The second-order valence-electron chi connectivity index (χ2n) is 6.68. The molecule has 114 valence electrons. The van der Waals surface area contributed by atoms with Crippen molar-refractivity contribution in [2.75, 3.05) is 5.32 Å². The van der Waals surface area contributed by atoms with Crippen LogP contribution in [0.3, 0.4) is 0 Å². The number of hydrogen-bond donors (Lipinski definition) is 1. The van der Waals surface area contributed by atoms with Gasteiger partial charge in [-0.2, -0.15) is 0 Å². The molecule has 0 amide bonds. The number of fused-ring (bicyclic) bond motifs is 1. The highest BCUT2D eigenvalue weighted by Crippen LogP contribution is 2.29. The molecule has 3 rings (SSSR count). The highest BCUT2D eigenvalue weighted by atomic mass is 19.1. The van der Waals surface area contributed by atoms with Crippen molar-refractivity contribution in [2.24, 2.45) is 4.99 Å². The Morgan fingerprint density at radius 3 is 2.55 bits per heavy atom. The molecule has 2 aromatic carbocycles. The maximum Gasteiger partial charge on any atom is 0.133 e. The average Bonchev–Trinajstić information content (AvgIpc) is 2.40. The lowest BCUT2D eigenvalue weighted by Gasteiger charge is -2.30. The molecule has 0 saturated carbocycles. The molecule has 0 radical (unpaired) electrons. The first-order valence-corrected chi connectivity index (χ1v) is 7.57. The number of halogens is 1. The molecule has 1 heterocycles. The third-order valence-corrected chi connectivity index (χ3v) is 4.10. The van der Waals surface area contributed by atoms with Gasteiger partial charge in [0.15, 0.2) is 0 Å². The van der Waals surface area contributed by atoms with Crippen molar-refractivity contribution in [3.63, 3.8) is 0 Å². The predicted octanol–water partition coefficient (Wildman–Crippen LogP) is 4.64. The van der Waals surface area contributed by atoms with Crippen LogP contribution < -0.4 is 5.32 Å². The lowest BCUT2D eigenvalue weighted by molar-refractivity contribution is 0.513. The van der Waals surface area contributed by atoms with Gasteiger partial charge < -0.3 is 5.32 Å². The zero-order chi connectivity index (χ0) is 15.9. The van der Waals surface area contributed by atoms with Crippen LogP contribution in [0.2, 0.25) is 0 Å². The number of aliphatic imine (C=N–C) groups is 1. The summed E-state index contributed by atoms with van der Waals surface area (Å²) in [5.41, 5.74) is 5.51. The molecule has 2 nitrogen and oxygen atoms in total. The minimum absolute atomic E-state index is 0.162. The average molecular weight is 296 g/mol. The third kappa shape index (κ3) is 2.89. The minimum atomic E-state index is -0.249. The molecule has 0 atom stereocenters. The van der Waals surface area contributed by atoms with E-state index in [4.69, 9.17) is 4.99 Å². The van der Waals surface area contributed by atoms with Gasteiger partial charge in [-0.15, -0.1) is 0 Å². The summed E-state index contributed by atoms with van der Waals surface area (Å²) < 4.78 is 13.4. The van der Waals surface area contributed by atoms with E-state index in [1.807, 2.05) is 6.07 Å². The summed E-state index contributed by atoms with van der Waals surface area (Å²) in [6, 6.07) is 10.9. The summed E-state index contributed by atoms with van der Waals surface area (Å²) in [4.78, 5) is 4.83. The van der Waals surface area contributed by atoms with Crippen LogP contribution in [0.1, 0.15) is 36.1 Å². The van der Waals surface area contributed by atoms with E-state index in [9.17, 15) is 4.39 Å². The smallest absolute Gasteiger partial charge is 0.133 e. The van der Waals surface area contributed by atoms with Crippen LogP contribution in [-0.4, -0.2) is 11.4 Å². The van der Waals surface area contributed by atoms with Crippen LogP contribution in [0.4, 0.5) is 10.1 Å². The first-order valence-electron chi connectivity index (χ1n) is 7.57. The van der Waals surface area contributed by atoms with Gasteiger partial charge in [0.25, 0.3) is 0 Å². The minimum Gasteiger partial charge on any atom is -0.340 e. The van der Waals surface area contributed by atoms with E-state index in [1.165, 1.54) is 28.8 Å². The molecule has 0 saturated heterocycles. The molecular weight excluding hydrogens is 275 g/mol. The Kier molecular flexibility index (Phi) is 3.51. The fraction of sp³-hybridized carbons (Fsp3) is 0.316. The number of hydrogen-bond acceptors (Lipinski definition) is 2. The van der Waals surface area contributed by atoms with Gasteiger partial charge >= 0.3 is 0 Å². The summed E-state index contributed by atoms with van der Waals surface area (Å²) in [5.74, 6) is 0.570. The summed E-state index contributed by atoms with van der Waals surface area (Å²) in [6.07, 6.45) is 0.914. The predicted molar refractivity (Wildman–Crippen MR) is 90.3 cm³/mol. The molecule has 1 aliphatic heterocycles. The monoisotopic (exact) mass is 296 g/mol. The molecule has 0 unspecified atom stereocenters. The summed E-state index contributed by atoms with van der Waals surface area (Å²) >= 11 is 0. The largest absolute Gasteiger partial charge is 0.340 e. The highest BCUT2D eigenvalue weighted by Gasteiger charge is 2.27. The fourth-order valence-corrected chi connectivity index (χ4v) is 2.91. The van der Waals surface area contributed by atoms with Gasteiger partial charge in [-0.3, -0.25) is 4.99 Å². The number of anilines is 1. The molecule has 0 aromatic heterocycles. The van der Waals surface area contributed by atoms with E-state index in [-0.39, 0.29) is 11.4 Å². The molecule has 22 heavy (non-hydrogen) atoms. The molecule has 1 N–H and O–H groups in total. The van der Waals surface area contributed by atoms with Gasteiger partial charge in [0.05, 0.1) is 5.54 Å². The quantitative estimate of drug-likeness (QED) is 0.815. The van der Waals surface area contributed by atoms with Crippen molar-refractivity contribution in [1.82, 2.24) is 0 Å². The van der Waals surface area contributed by atoms with Crippen LogP contribution in [0, 0.1) is 19.7 Å². The first kappa shape index (κ1) is 14.8. The van der Waals surface area contributed by atoms with Crippen molar-refractivity contribution in [2.45, 2.75) is 39.7 Å². The molecule has 1 aliphatic rings. The molecule has 0 fully saturated rings. The summed E-state index contributed by atoms with van der Waals surface area (Å²) in [7, 11) is 0. The van der Waals surface area contributed by atoms with Gasteiger partial charge in [-0.25, -0.2) is 4.39 Å². The number of nitrogens with one attached hydrogen (secondary N) is 1. The number of aryl methyl sites for hydroxylation is 2. The topological polar surface area (TPSA) is 24.4 Å². The van der Waals surface area contributed by atoms with Crippen LogP contribution in [0.15, 0.2) is 41.4 Å². The zero-order valence-corrected chi connectivity index (χ0v) is 13.5. The van der Waals surface area contributed by atoms with Crippen LogP contribution in [0.5, 0.6) is 0 Å². The fourth-order valence-electron chi connectivity index (χ4n) is 2.91. The van der Waals surface area contributed by atoms with E-state index in [1.54, 1.807) is 6.07 Å². The van der Waals surface area contributed by atoms with Gasteiger partial charge in [-0.05, 0) is 75.1 Å². The lowest BCUT2D eigenvalue weighted by atomic mass is 9.86.